The first kappa shape index (κ1) is 13.9. The fourth-order valence-corrected chi connectivity index (χ4v) is 6.24. The highest BCUT2D eigenvalue weighted by Gasteiger charge is 2.59. The van der Waals surface area contributed by atoms with Crippen molar-refractivity contribution in [2.45, 2.75) is 52.4 Å². The van der Waals surface area contributed by atoms with Crippen LogP contribution in [0.15, 0.2) is 0 Å². The van der Waals surface area contributed by atoms with E-state index in [1.54, 1.807) is 0 Å². The van der Waals surface area contributed by atoms with Crippen molar-refractivity contribution in [1.82, 2.24) is 4.90 Å². The highest BCUT2D eigenvalue weighted by molar-refractivity contribution is 9.09. The predicted molar refractivity (Wildman–Crippen MR) is 81.3 cm³/mol. The van der Waals surface area contributed by atoms with Gasteiger partial charge in [0.2, 0.25) is 5.91 Å². The number of carbonyl (C=O) groups is 1. The monoisotopic (exact) mass is 327 g/mol. The maximum absolute atomic E-state index is 13.1. The fourth-order valence-electron chi connectivity index (χ4n) is 5.81. The summed E-state index contributed by atoms with van der Waals surface area (Å²) in [6, 6.07) is 0. The summed E-state index contributed by atoms with van der Waals surface area (Å²) >= 11 is 3.49. The van der Waals surface area contributed by atoms with Crippen molar-refractivity contribution in [3.63, 3.8) is 0 Å². The topological polar surface area (TPSA) is 20.3 Å². The van der Waals surface area contributed by atoms with E-state index < -0.39 is 0 Å². The van der Waals surface area contributed by atoms with Gasteiger partial charge in [-0.15, -0.1) is 0 Å². The number of alkyl halides is 1. The van der Waals surface area contributed by atoms with Gasteiger partial charge >= 0.3 is 0 Å². The van der Waals surface area contributed by atoms with Gasteiger partial charge in [0.05, 0.1) is 5.41 Å². The van der Waals surface area contributed by atoms with Crippen molar-refractivity contribution in [2.75, 3.05) is 18.4 Å². The zero-order valence-corrected chi connectivity index (χ0v) is 13.8. The van der Waals surface area contributed by atoms with Crippen molar-refractivity contribution < 1.29 is 4.79 Å². The largest absolute Gasteiger partial charge is 0.342 e. The van der Waals surface area contributed by atoms with Gasteiger partial charge in [-0.25, -0.2) is 0 Å². The summed E-state index contributed by atoms with van der Waals surface area (Å²) in [7, 11) is 0. The molecule has 0 saturated heterocycles. The van der Waals surface area contributed by atoms with E-state index in [9.17, 15) is 4.79 Å². The summed E-state index contributed by atoms with van der Waals surface area (Å²) in [4.78, 5) is 15.2. The van der Waals surface area contributed by atoms with Crippen LogP contribution in [0.4, 0.5) is 0 Å². The molecule has 0 aromatic rings. The van der Waals surface area contributed by atoms with Crippen LogP contribution in [0.2, 0.25) is 0 Å². The number of amides is 1. The smallest absolute Gasteiger partial charge is 0.228 e. The Morgan fingerprint density at radius 2 is 1.89 bits per heavy atom. The predicted octanol–water partition coefficient (Wildman–Crippen LogP) is 3.84. The van der Waals surface area contributed by atoms with Crippen LogP contribution < -0.4 is 0 Å². The first-order chi connectivity index (χ1) is 9.00. The molecule has 4 rings (SSSR count). The molecule has 0 spiro atoms. The van der Waals surface area contributed by atoms with E-state index in [1.165, 1.54) is 32.1 Å². The maximum atomic E-state index is 13.1. The lowest BCUT2D eigenvalue weighted by molar-refractivity contribution is -0.165. The van der Waals surface area contributed by atoms with Gasteiger partial charge in [-0.1, -0.05) is 22.9 Å². The molecule has 108 valence electrons. The molecule has 4 aliphatic carbocycles. The van der Waals surface area contributed by atoms with Crippen LogP contribution in [-0.2, 0) is 4.79 Å². The molecule has 0 N–H and O–H groups in total. The van der Waals surface area contributed by atoms with E-state index in [2.05, 4.69) is 34.7 Å². The molecule has 0 heterocycles. The number of hydrogen-bond acceptors (Lipinski definition) is 1. The lowest BCUT2D eigenvalue weighted by Crippen LogP contribution is -2.57. The van der Waals surface area contributed by atoms with E-state index >= 15 is 0 Å². The normalized spacial score (nSPS) is 43.5. The van der Waals surface area contributed by atoms with Gasteiger partial charge < -0.3 is 4.90 Å². The molecule has 1 amide bonds. The van der Waals surface area contributed by atoms with Crippen LogP contribution in [0, 0.1) is 22.7 Å². The summed E-state index contributed by atoms with van der Waals surface area (Å²) in [6.45, 7) is 6.28. The molecule has 2 atom stereocenters. The second kappa shape index (κ2) is 4.75. The fraction of sp³-hybridized carbons (Fsp3) is 0.938. The molecular formula is C16H26BrNO. The Morgan fingerprint density at radius 3 is 2.37 bits per heavy atom. The summed E-state index contributed by atoms with van der Waals surface area (Å²) in [6.07, 6.45) is 7.67. The van der Waals surface area contributed by atoms with Gasteiger partial charge in [0.1, 0.15) is 0 Å². The summed E-state index contributed by atoms with van der Waals surface area (Å²) in [5, 5.41) is 0.896. The minimum atomic E-state index is 0.0109. The van der Waals surface area contributed by atoms with Crippen LogP contribution in [0.3, 0.4) is 0 Å². The third-order valence-electron chi connectivity index (χ3n) is 5.83. The first-order valence-electron chi connectivity index (χ1n) is 7.86. The summed E-state index contributed by atoms with van der Waals surface area (Å²) in [5.74, 6) is 2.13. The van der Waals surface area contributed by atoms with E-state index in [-0.39, 0.29) is 5.41 Å². The Kier molecular flexibility index (Phi) is 3.48. The molecule has 2 nitrogen and oxygen atoms in total. The van der Waals surface area contributed by atoms with Gasteiger partial charge in [0, 0.05) is 18.4 Å². The van der Waals surface area contributed by atoms with Crippen molar-refractivity contribution in [3.05, 3.63) is 0 Å². The second-order valence-corrected chi connectivity index (χ2v) is 8.42. The zero-order chi connectivity index (χ0) is 13.7. The van der Waals surface area contributed by atoms with E-state index in [4.69, 9.17) is 0 Å². The lowest BCUT2D eigenvalue weighted by Gasteiger charge is -2.61. The summed E-state index contributed by atoms with van der Waals surface area (Å²) < 4.78 is 0. The molecule has 4 aliphatic rings. The molecule has 0 radical (unpaired) electrons. The van der Waals surface area contributed by atoms with Crippen molar-refractivity contribution in [2.24, 2.45) is 22.7 Å². The lowest BCUT2D eigenvalue weighted by atomic mass is 9.44. The average molecular weight is 328 g/mol. The Labute approximate surface area is 125 Å². The van der Waals surface area contributed by atoms with Crippen LogP contribution in [0.1, 0.15) is 52.4 Å². The number of hydrogen-bond donors (Lipinski definition) is 0. The standard InChI is InChI=1S/C16H26BrNO/c1-3-18(5-4-17)14(19)16-9-12-6-13(10-16)8-15(2,7-12)11-16/h12-13H,3-11H2,1-2H3. The number of nitrogens with zero attached hydrogens (tertiary/aromatic N) is 1. The van der Waals surface area contributed by atoms with Crippen LogP contribution in [-0.4, -0.2) is 29.2 Å². The van der Waals surface area contributed by atoms with E-state index in [0.717, 1.165) is 36.7 Å². The molecule has 4 saturated carbocycles. The van der Waals surface area contributed by atoms with Gasteiger partial charge in [-0.2, -0.15) is 0 Å². The highest BCUT2D eigenvalue weighted by Crippen LogP contribution is 2.65. The van der Waals surface area contributed by atoms with Crippen molar-refractivity contribution in [1.29, 1.82) is 0 Å². The van der Waals surface area contributed by atoms with Gasteiger partial charge in [-0.3, -0.25) is 4.79 Å². The molecule has 19 heavy (non-hydrogen) atoms. The minimum absolute atomic E-state index is 0.0109. The molecule has 0 aromatic carbocycles. The molecule has 3 heteroatoms. The van der Waals surface area contributed by atoms with Crippen molar-refractivity contribution >= 4 is 21.8 Å². The van der Waals surface area contributed by atoms with Crippen LogP contribution >= 0.6 is 15.9 Å². The van der Waals surface area contributed by atoms with E-state index in [1.807, 2.05) is 0 Å². The van der Waals surface area contributed by atoms with Gasteiger partial charge in [-0.05, 0) is 62.7 Å². The molecule has 4 bridgehead atoms. The van der Waals surface area contributed by atoms with Gasteiger partial charge in [0.15, 0.2) is 0 Å². The third-order valence-corrected chi connectivity index (χ3v) is 6.19. The summed E-state index contributed by atoms with van der Waals surface area (Å²) in [5.41, 5.74) is 0.477. The first-order valence-corrected chi connectivity index (χ1v) is 8.98. The third kappa shape index (κ3) is 2.26. The molecule has 2 unspecified atom stereocenters. The second-order valence-electron chi connectivity index (χ2n) is 7.63. The Hall–Kier alpha value is -0.0500. The maximum Gasteiger partial charge on any atom is 0.228 e. The Bertz CT molecular complexity index is 367. The van der Waals surface area contributed by atoms with E-state index in [0.29, 0.717) is 11.3 Å². The van der Waals surface area contributed by atoms with Crippen LogP contribution in [0.25, 0.3) is 0 Å². The molecule has 0 aromatic heterocycles. The van der Waals surface area contributed by atoms with Crippen LogP contribution in [0.5, 0.6) is 0 Å². The molecule has 4 fully saturated rings. The zero-order valence-electron chi connectivity index (χ0n) is 12.3. The van der Waals surface area contributed by atoms with Gasteiger partial charge in [0.25, 0.3) is 0 Å². The average Bonchev–Trinajstić information content (AvgIpc) is 2.32. The number of halogens is 1. The Morgan fingerprint density at radius 1 is 1.26 bits per heavy atom. The number of carbonyl (C=O) groups excluding carboxylic acids is 1. The Balaban J connectivity index is 1.85. The SMILES string of the molecule is CCN(CCBr)C(=O)C12CC3CC(CC(C)(C3)C1)C2. The number of rotatable bonds is 4. The molecule has 0 aliphatic heterocycles. The highest BCUT2D eigenvalue weighted by atomic mass is 79.9. The minimum Gasteiger partial charge on any atom is -0.342 e. The quantitative estimate of drug-likeness (QED) is 0.718. The molecular weight excluding hydrogens is 302 g/mol. The van der Waals surface area contributed by atoms with Crippen molar-refractivity contribution in [3.8, 4) is 0 Å².